The van der Waals surface area contributed by atoms with Gasteiger partial charge < -0.3 is 30.5 Å². The Hall–Kier alpha value is -4.72. The van der Waals surface area contributed by atoms with Gasteiger partial charge in [0.25, 0.3) is 0 Å². The SMILES string of the molecule is CNC(=O)[C@]12CC1[C@@H](n1cnc3c(N/C=C(\O)c4ccccc4)nc(C#Cc4ccccc4)nc31)[C@H](O)C2O. The van der Waals surface area contributed by atoms with E-state index in [-0.39, 0.29) is 23.4 Å². The van der Waals surface area contributed by atoms with Crippen molar-refractivity contribution >= 4 is 28.6 Å². The molecule has 196 valence electrons. The van der Waals surface area contributed by atoms with Gasteiger partial charge in [0.05, 0.1) is 23.9 Å². The highest BCUT2D eigenvalue weighted by atomic mass is 16.3. The lowest BCUT2D eigenvalue weighted by atomic mass is 9.98. The maximum absolute atomic E-state index is 12.6. The number of benzene rings is 2. The van der Waals surface area contributed by atoms with E-state index >= 15 is 0 Å². The fraction of sp³-hybridized carbons (Fsp3) is 0.241. The van der Waals surface area contributed by atoms with E-state index in [4.69, 9.17) is 0 Å². The first-order valence-corrected chi connectivity index (χ1v) is 12.5. The van der Waals surface area contributed by atoms with Crippen LogP contribution in [0.1, 0.15) is 29.4 Å². The van der Waals surface area contributed by atoms with Crippen LogP contribution in [0.3, 0.4) is 0 Å². The summed E-state index contributed by atoms with van der Waals surface area (Å²) in [5.74, 6) is 5.96. The third kappa shape index (κ3) is 4.09. The van der Waals surface area contributed by atoms with Gasteiger partial charge in [-0.25, -0.2) is 15.0 Å². The molecule has 10 heteroatoms. The Kier molecular flexibility index (Phi) is 6.02. The lowest BCUT2D eigenvalue weighted by Crippen LogP contribution is -2.41. The molecule has 0 radical (unpaired) electrons. The van der Waals surface area contributed by atoms with Crippen molar-refractivity contribution in [1.82, 2.24) is 24.8 Å². The minimum Gasteiger partial charge on any atom is -0.506 e. The number of carbonyl (C=O) groups excluding carboxylic acids is 1. The Balaban J connectivity index is 1.43. The molecular formula is C29H26N6O4. The summed E-state index contributed by atoms with van der Waals surface area (Å²) in [6, 6.07) is 17.8. The van der Waals surface area contributed by atoms with Crippen LogP contribution in [0.15, 0.2) is 73.2 Å². The summed E-state index contributed by atoms with van der Waals surface area (Å²) in [5.41, 5.74) is 1.13. The first kappa shape index (κ1) is 24.6. The summed E-state index contributed by atoms with van der Waals surface area (Å²) in [4.78, 5) is 26.3. The second kappa shape index (κ2) is 9.54. The third-order valence-corrected chi connectivity index (χ3v) is 7.57. The highest BCUT2D eigenvalue weighted by Gasteiger charge is 2.75. The van der Waals surface area contributed by atoms with Crippen molar-refractivity contribution in [2.45, 2.75) is 24.7 Å². The van der Waals surface area contributed by atoms with Crippen LogP contribution in [0.2, 0.25) is 0 Å². The van der Waals surface area contributed by atoms with Crippen molar-refractivity contribution in [3.63, 3.8) is 0 Å². The summed E-state index contributed by atoms with van der Waals surface area (Å²) < 4.78 is 1.69. The zero-order chi connectivity index (χ0) is 27.1. The van der Waals surface area contributed by atoms with Crippen molar-refractivity contribution in [2.24, 2.45) is 11.3 Å². The Labute approximate surface area is 224 Å². The van der Waals surface area contributed by atoms with E-state index in [2.05, 4.69) is 37.4 Å². The Bertz CT molecular complexity index is 1640. The van der Waals surface area contributed by atoms with Crippen LogP contribution in [-0.2, 0) is 4.79 Å². The van der Waals surface area contributed by atoms with Gasteiger partial charge >= 0.3 is 0 Å². The molecule has 2 saturated carbocycles. The van der Waals surface area contributed by atoms with E-state index in [1.807, 2.05) is 48.5 Å². The Morgan fingerprint density at radius 2 is 1.79 bits per heavy atom. The standard InChI is InChI=1S/C29H26N6O4/c1-30-28(39)29-14-19(29)23(24(37)25(29)38)35-16-32-22-26(31-15-20(36)18-10-6-3-7-11-18)33-21(34-27(22)35)13-12-17-8-4-2-5-9-17/h2-11,15-16,19,23-25,36-38H,14H2,1H3,(H,30,39)(H,31,33,34)/b20-15-/t19?,23-,24+,25?,29-/m1/s1. The number of aliphatic hydroxyl groups excluding tert-OH is 3. The molecule has 0 saturated heterocycles. The van der Waals surface area contributed by atoms with Crippen LogP contribution >= 0.6 is 0 Å². The van der Waals surface area contributed by atoms with E-state index in [9.17, 15) is 20.1 Å². The molecule has 0 spiro atoms. The van der Waals surface area contributed by atoms with Gasteiger partial charge in [-0.2, -0.15) is 0 Å². The van der Waals surface area contributed by atoms with Crippen LogP contribution < -0.4 is 10.6 Å². The zero-order valence-electron chi connectivity index (χ0n) is 21.0. The number of anilines is 1. The van der Waals surface area contributed by atoms with Gasteiger partial charge in [0.1, 0.15) is 11.9 Å². The lowest BCUT2D eigenvalue weighted by Gasteiger charge is -2.23. The molecule has 2 aromatic carbocycles. The number of nitrogens with one attached hydrogen (secondary N) is 2. The normalized spacial score (nSPS) is 25.5. The van der Waals surface area contributed by atoms with Gasteiger partial charge in [0, 0.05) is 30.3 Å². The molecule has 5 atom stereocenters. The number of fused-ring (bicyclic) bond motifs is 2. The van der Waals surface area contributed by atoms with Crippen LogP contribution in [0.4, 0.5) is 5.82 Å². The number of aliphatic hydroxyl groups is 3. The predicted octanol–water partition coefficient (Wildman–Crippen LogP) is 2.22. The third-order valence-electron chi connectivity index (χ3n) is 7.57. The number of hydrogen-bond donors (Lipinski definition) is 5. The number of rotatable bonds is 5. The number of hydrogen-bond acceptors (Lipinski definition) is 8. The largest absolute Gasteiger partial charge is 0.506 e. The lowest BCUT2D eigenvalue weighted by molar-refractivity contribution is -0.132. The average molecular weight is 523 g/mol. The molecule has 0 aliphatic heterocycles. The zero-order valence-corrected chi connectivity index (χ0v) is 21.0. The molecule has 1 amide bonds. The van der Waals surface area contributed by atoms with Gasteiger partial charge in [-0.05, 0) is 24.5 Å². The Morgan fingerprint density at radius 1 is 1.08 bits per heavy atom. The monoisotopic (exact) mass is 522 g/mol. The van der Waals surface area contributed by atoms with Gasteiger partial charge in [0.2, 0.25) is 11.7 Å². The summed E-state index contributed by atoms with van der Waals surface area (Å²) in [6.45, 7) is 0. The summed E-state index contributed by atoms with van der Waals surface area (Å²) in [7, 11) is 1.52. The minimum absolute atomic E-state index is 0.00129. The summed E-state index contributed by atoms with van der Waals surface area (Å²) >= 11 is 0. The van der Waals surface area contributed by atoms with Crippen molar-refractivity contribution < 1.29 is 20.1 Å². The molecule has 2 aromatic heterocycles. The van der Waals surface area contributed by atoms with Gasteiger partial charge in [0.15, 0.2) is 17.0 Å². The van der Waals surface area contributed by atoms with Gasteiger partial charge in [-0.3, -0.25) is 4.79 Å². The van der Waals surface area contributed by atoms with Crippen LogP contribution in [-0.4, -0.2) is 60.0 Å². The molecule has 0 bridgehead atoms. The number of nitrogens with zero attached hydrogens (tertiary/aromatic N) is 4. The number of carbonyl (C=O) groups is 1. The molecular weight excluding hydrogens is 496 g/mol. The quantitative estimate of drug-likeness (QED) is 0.198. The number of amides is 1. The van der Waals surface area contributed by atoms with E-state index in [0.717, 1.165) is 5.56 Å². The van der Waals surface area contributed by atoms with E-state index in [1.54, 1.807) is 16.7 Å². The maximum atomic E-state index is 12.6. The highest BCUT2D eigenvalue weighted by Crippen LogP contribution is 2.67. The molecule has 6 rings (SSSR count). The second-order valence-corrected chi connectivity index (χ2v) is 9.73. The van der Waals surface area contributed by atoms with E-state index in [0.29, 0.717) is 29.0 Å². The first-order chi connectivity index (χ1) is 18.9. The van der Waals surface area contributed by atoms with Crippen LogP contribution in [0, 0.1) is 23.2 Å². The van der Waals surface area contributed by atoms with E-state index in [1.165, 1.54) is 19.6 Å². The number of aromatic nitrogens is 4. The van der Waals surface area contributed by atoms with Crippen molar-refractivity contribution in [2.75, 3.05) is 12.4 Å². The molecule has 2 heterocycles. The summed E-state index contributed by atoms with van der Waals surface area (Å²) in [5, 5.41) is 38.0. The Morgan fingerprint density at radius 3 is 2.51 bits per heavy atom. The fourth-order valence-electron chi connectivity index (χ4n) is 5.56. The molecule has 4 aromatic rings. The van der Waals surface area contributed by atoms with Crippen molar-refractivity contribution in [1.29, 1.82) is 0 Å². The van der Waals surface area contributed by atoms with Gasteiger partial charge in [-0.1, -0.05) is 54.5 Å². The topological polar surface area (TPSA) is 145 Å². The molecule has 39 heavy (non-hydrogen) atoms. The minimum atomic E-state index is -1.22. The average Bonchev–Trinajstić information content (AvgIpc) is 3.51. The van der Waals surface area contributed by atoms with Crippen LogP contribution in [0.25, 0.3) is 16.9 Å². The predicted molar refractivity (Wildman–Crippen MR) is 144 cm³/mol. The molecule has 10 nitrogen and oxygen atoms in total. The molecule has 2 unspecified atom stereocenters. The van der Waals surface area contributed by atoms with E-state index < -0.39 is 23.7 Å². The smallest absolute Gasteiger partial charge is 0.229 e. The maximum Gasteiger partial charge on any atom is 0.229 e. The van der Waals surface area contributed by atoms with Gasteiger partial charge in [-0.15, -0.1) is 0 Å². The number of imidazole rings is 1. The highest BCUT2D eigenvalue weighted by molar-refractivity contribution is 5.88. The molecule has 2 aliphatic carbocycles. The van der Waals surface area contributed by atoms with Crippen LogP contribution in [0.5, 0.6) is 0 Å². The van der Waals surface area contributed by atoms with Crippen molar-refractivity contribution in [3.05, 3.63) is 90.1 Å². The van der Waals surface area contributed by atoms with Crippen molar-refractivity contribution in [3.8, 4) is 11.8 Å². The first-order valence-electron chi connectivity index (χ1n) is 12.5. The summed E-state index contributed by atoms with van der Waals surface area (Å²) in [6.07, 6.45) is 0.979. The second-order valence-electron chi connectivity index (χ2n) is 9.73. The molecule has 5 N–H and O–H groups in total. The molecule has 2 fully saturated rings. The fourth-order valence-corrected chi connectivity index (χ4v) is 5.56. The molecule has 2 aliphatic rings.